The van der Waals surface area contributed by atoms with E-state index in [4.69, 9.17) is 0 Å². The van der Waals surface area contributed by atoms with Crippen molar-refractivity contribution in [1.82, 2.24) is 5.43 Å². The fourth-order valence-electron chi connectivity index (χ4n) is 0.483. The van der Waals surface area contributed by atoms with Crippen LogP contribution in [0.2, 0.25) is 0 Å². The third kappa shape index (κ3) is 1.67. The molecule has 0 radical (unpaired) electrons. The van der Waals surface area contributed by atoms with E-state index in [0.29, 0.717) is 0 Å². The van der Waals surface area contributed by atoms with Crippen molar-refractivity contribution in [2.45, 2.75) is 0 Å². The van der Waals surface area contributed by atoms with Gasteiger partial charge >= 0.3 is 7.68 Å². The van der Waals surface area contributed by atoms with Crippen molar-refractivity contribution in [3.8, 4) is 0 Å². The largest absolute Gasteiger partial charge is 0.369 e. The molecule has 0 aliphatic carbocycles. The Morgan fingerprint density at radius 1 is 1.40 bits per heavy atom. The minimum Gasteiger partial charge on any atom is -0.285 e. The molecule has 0 saturated carbocycles. The lowest BCUT2D eigenvalue weighted by Crippen LogP contribution is -1.94. The average Bonchev–Trinajstić information content (AvgIpc) is 2.12. The molecule has 1 aliphatic heterocycles. The predicted molar refractivity (Wildman–Crippen MR) is 37.1 cm³/mol. The molecule has 1 aliphatic rings. The Kier molecular flexibility index (Phi) is 2.18. The van der Waals surface area contributed by atoms with Gasteiger partial charge in [0.15, 0.2) is 5.45 Å². The van der Waals surface area contributed by atoms with Crippen molar-refractivity contribution in [3.05, 3.63) is 24.4 Å². The maximum Gasteiger partial charge on any atom is 0.369 e. The first kappa shape index (κ1) is 6.96. The van der Waals surface area contributed by atoms with Crippen LogP contribution in [0.3, 0.4) is 0 Å². The van der Waals surface area contributed by atoms with E-state index < -0.39 is 7.68 Å². The van der Waals surface area contributed by atoms with E-state index >= 15 is 0 Å². The highest BCUT2D eigenvalue weighted by Gasteiger charge is 1.99. The summed E-state index contributed by atoms with van der Waals surface area (Å²) in [5.41, 5.74) is 2.48. The fraction of sp³-hybridized carbons (Fsp3) is 0. The molecule has 0 amide bonds. The molecule has 0 fully saturated rings. The van der Waals surface area contributed by atoms with Gasteiger partial charge in [0.25, 0.3) is 0 Å². The molecular weight excluding hydrogens is 151 g/mol. The summed E-state index contributed by atoms with van der Waals surface area (Å²) in [6, 6.07) is 0. The number of hydrogen-bond donors (Lipinski definition) is 1. The zero-order chi connectivity index (χ0) is 7.40. The summed E-state index contributed by atoms with van der Waals surface area (Å²) in [6.07, 6.45) is 6.23. The summed E-state index contributed by atoms with van der Waals surface area (Å²) < 4.78 is 20.6. The predicted octanol–water partition coefficient (Wildman–Crippen LogP) is 1.15. The Morgan fingerprint density at radius 3 is 2.90 bits per heavy atom. The second-order valence-electron chi connectivity index (χ2n) is 1.57. The molecule has 0 aromatic rings. The molecule has 1 N–H and O–H groups in total. The van der Waals surface area contributed by atoms with Crippen molar-refractivity contribution in [3.63, 3.8) is 0 Å². The maximum atomic E-state index is 10.3. The van der Waals surface area contributed by atoms with Crippen molar-refractivity contribution in [2.75, 3.05) is 0 Å². The molecular formula is C5H5N2O2P. The molecule has 1 rings (SSSR count). The van der Waals surface area contributed by atoms with Crippen molar-refractivity contribution >= 4 is 13.1 Å². The van der Waals surface area contributed by atoms with Crippen molar-refractivity contribution in [2.24, 2.45) is 5.10 Å². The van der Waals surface area contributed by atoms with Crippen LogP contribution in [0.15, 0.2) is 29.5 Å². The van der Waals surface area contributed by atoms with Gasteiger partial charge in [-0.2, -0.15) is 5.10 Å². The van der Waals surface area contributed by atoms with Gasteiger partial charge in [-0.1, -0.05) is 6.08 Å². The standard InChI is InChI=1S/C5H5N2O2P/c8-10(9)5-3-1-2-4-6-7-5/h1-4,6H. The van der Waals surface area contributed by atoms with Gasteiger partial charge in [-0.25, -0.2) is 9.13 Å². The summed E-state index contributed by atoms with van der Waals surface area (Å²) in [5.74, 6) is 0. The number of hydrazone groups is 1. The quantitative estimate of drug-likeness (QED) is 0.579. The number of rotatable bonds is 1. The molecule has 0 bridgehead atoms. The van der Waals surface area contributed by atoms with Gasteiger partial charge in [0.05, 0.1) is 0 Å². The Hall–Kier alpha value is -1.15. The van der Waals surface area contributed by atoms with E-state index in [2.05, 4.69) is 10.5 Å². The Bertz CT molecular complexity index is 267. The zero-order valence-electron chi connectivity index (χ0n) is 5.02. The second-order valence-corrected chi connectivity index (χ2v) is 2.55. The third-order valence-electron chi connectivity index (χ3n) is 0.893. The van der Waals surface area contributed by atoms with Crippen LogP contribution < -0.4 is 5.43 Å². The highest BCUT2D eigenvalue weighted by molar-refractivity contribution is 7.53. The lowest BCUT2D eigenvalue weighted by Gasteiger charge is -1.84. The van der Waals surface area contributed by atoms with Gasteiger partial charge in [0.1, 0.15) is 0 Å². The molecule has 0 saturated heterocycles. The summed E-state index contributed by atoms with van der Waals surface area (Å²) in [7, 11) is -2.57. The molecule has 10 heavy (non-hydrogen) atoms. The SMILES string of the molecule is O=P(=O)C1=NNC=CC=C1. The van der Waals surface area contributed by atoms with Gasteiger partial charge in [-0.15, -0.1) is 0 Å². The monoisotopic (exact) mass is 156 g/mol. The van der Waals surface area contributed by atoms with E-state index in [0.717, 1.165) is 0 Å². The van der Waals surface area contributed by atoms with Crippen LogP contribution in [0.4, 0.5) is 0 Å². The topological polar surface area (TPSA) is 58.5 Å². The van der Waals surface area contributed by atoms with Gasteiger partial charge in [-0.3, -0.25) is 5.43 Å². The van der Waals surface area contributed by atoms with Gasteiger partial charge < -0.3 is 0 Å². The molecule has 0 aromatic carbocycles. The van der Waals surface area contributed by atoms with E-state index in [1.807, 2.05) is 0 Å². The lowest BCUT2D eigenvalue weighted by atomic mass is 10.5. The molecule has 1 heterocycles. The maximum absolute atomic E-state index is 10.3. The summed E-state index contributed by atoms with van der Waals surface area (Å²) in [6.45, 7) is 0. The molecule has 4 nitrogen and oxygen atoms in total. The van der Waals surface area contributed by atoms with Crippen LogP contribution in [0.5, 0.6) is 0 Å². The summed E-state index contributed by atoms with van der Waals surface area (Å²) in [5, 5.41) is 3.52. The van der Waals surface area contributed by atoms with Crippen LogP contribution in [0, 0.1) is 0 Å². The van der Waals surface area contributed by atoms with Gasteiger partial charge in [0.2, 0.25) is 0 Å². The third-order valence-corrected chi connectivity index (χ3v) is 1.52. The molecule has 0 atom stereocenters. The van der Waals surface area contributed by atoms with Crippen LogP contribution in [0.1, 0.15) is 0 Å². The smallest absolute Gasteiger partial charge is 0.285 e. The van der Waals surface area contributed by atoms with E-state index in [-0.39, 0.29) is 5.45 Å². The number of hydrogen-bond acceptors (Lipinski definition) is 4. The molecule has 0 aromatic heterocycles. The first-order chi connectivity index (χ1) is 4.80. The average molecular weight is 156 g/mol. The van der Waals surface area contributed by atoms with Crippen molar-refractivity contribution < 1.29 is 9.13 Å². The Morgan fingerprint density at radius 2 is 2.20 bits per heavy atom. The van der Waals surface area contributed by atoms with E-state index in [1.54, 1.807) is 18.4 Å². The van der Waals surface area contributed by atoms with Crippen LogP contribution >= 0.6 is 7.68 Å². The minimum absolute atomic E-state index is 0.0417. The van der Waals surface area contributed by atoms with Crippen molar-refractivity contribution in [1.29, 1.82) is 0 Å². The number of allylic oxidation sites excluding steroid dienone is 3. The molecule has 0 unspecified atom stereocenters. The molecule has 0 spiro atoms. The minimum atomic E-state index is -2.57. The van der Waals surface area contributed by atoms with Crippen LogP contribution in [-0.4, -0.2) is 5.45 Å². The highest BCUT2D eigenvalue weighted by atomic mass is 31.1. The van der Waals surface area contributed by atoms with Gasteiger partial charge in [0, 0.05) is 6.20 Å². The highest BCUT2D eigenvalue weighted by Crippen LogP contribution is 2.08. The fourth-order valence-corrected chi connectivity index (χ4v) is 0.830. The molecule has 52 valence electrons. The Labute approximate surface area is 58.1 Å². The van der Waals surface area contributed by atoms with Crippen LogP contribution in [0.25, 0.3) is 0 Å². The summed E-state index contributed by atoms with van der Waals surface area (Å²) in [4.78, 5) is 0. The normalized spacial score (nSPS) is 15.4. The van der Waals surface area contributed by atoms with E-state index in [1.165, 1.54) is 6.08 Å². The zero-order valence-corrected chi connectivity index (χ0v) is 5.91. The first-order valence-electron chi connectivity index (χ1n) is 2.61. The van der Waals surface area contributed by atoms with E-state index in [9.17, 15) is 9.13 Å². The molecule has 5 heteroatoms. The first-order valence-corrected chi connectivity index (χ1v) is 3.79. The summed E-state index contributed by atoms with van der Waals surface area (Å²) >= 11 is 0. The second kappa shape index (κ2) is 3.13. The number of nitrogens with one attached hydrogen (secondary N) is 1. The Balaban J connectivity index is 2.88. The van der Waals surface area contributed by atoms with Crippen LogP contribution in [-0.2, 0) is 9.13 Å². The van der Waals surface area contributed by atoms with Gasteiger partial charge in [-0.05, 0) is 12.2 Å². The number of nitrogens with zero attached hydrogens (tertiary/aromatic N) is 1. The lowest BCUT2D eigenvalue weighted by molar-refractivity contribution is 0.524.